The summed E-state index contributed by atoms with van der Waals surface area (Å²) in [6, 6.07) is 0. The molecule has 116 valence electrons. The zero-order valence-corrected chi connectivity index (χ0v) is 12.6. The first-order valence-corrected chi connectivity index (χ1v) is 7.41. The van der Waals surface area contributed by atoms with E-state index in [1.165, 1.54) is 6.20 Å². The largest absolute Gasteiger partial charge is 0.374 e. The van der Waals surface area contributed by atoms with E-state index in [1.807, 2.05) is 6.92 Å². The summed E-state index contributed by atoms with van der Waals surface area (Å²) in [4.78, 5) is 22.6. The van der Waals surface area contributed by atoms with E-state index < -0.39 is 0 Å². The van der Waals surface area contributed by atoms with Crippen molar-refractivity contribution in [1.29, 1.82) is 0 Å². The van der Waals surface area contributed by atoms with E-state index >= 15 is 0 Å². The predicted octanol–water partition coefficient (Wildman–Crippen LogP) is 0.359. The third-order valence-electron chi connectivity index (χ3n) is 3.39. The third kappa shape index (κ3) is 4.64. The molecule has 0 spiro atoms. The maximum Gasteiger partial charge on any atom is 0.271 e. The smallest absolute Gasteiger partial charge is 0.271 e. The Morgan fingerprint density at radius 3 is 3.10 bits per heavy atom. The van der Waals surface area contributed by atoms with Crippen LogP contribution in [0, 0.1) is 0 Å². The van der Waals surface area contributed by atoms with E-state index in [0.717, 1.165) is 26.2 Å². The van der Waals surface area contributed by atoms with Gasteiger partial charge in [0.1, 0.15) is 11.5 Å². The van der Waals surface area contributed by atoms with Gasteiger partial charge in [-0.15, -0.1) is 0 Å². The van der Waals surface area contributed by atoms with Gasteiger partial charge in [0.2, 0.25) is 0 Å². The summed E-state index contributed by atoms with van der Waals surface area (Å²) in [6.45, 7) is 8.84. The topological polar surface area (TPSA) is 79.4 Å². The molecule has 1 amide bonds. The van der Waals surface area contributed by atoms with Crippen LogP contribution in [0.5, 0.6) is 0 Å². The minimum absolute atomic E-state index is 0.0348. The minimum atomic E-state index is -0.223. The van der Waals surface area contributed by atoms with E-state index in [4.69, 9.17) is 4.74 Å². The lowest BCUT2D eigenvalue weighted by Crippen LogP contribution is -2.47. The Bertz CT molecular complexity index is 468. The molecule has 0 bridgehead atoms. The molecule has 1 fully saturated rings. The first-order chi connectivity index (χ1) is 10.2. The molecule has 7 nitrogen and oxygen atoms in total. The highest BCUT2D eigenvalue weighted by atomic mass is 16.5. The molecule has 0 radical (unpaired) electrons. The number of amides is 1. The van der Waals surface area contributed by atoms with Crippen LogP contribution in [-0.4, -0.2) is 66.2 Å². The molecular formula is C14H23N5O2. The minimum Gasteiger partial charge on any atom is -0.374 e. The van der Waals surface area contributed by atoms with Crippen molar-refractivity contribution in [2.75, 3.05) is 44.6 Å². The maximum atomic E-state index is 12.1. The molecule has 2 N–H and O–H groups in total. The number of carbonyl (C=O) groups is 1. The zero-order valence-electron chi connectivity index (χ0n) is 12.6. The van der Waals surface area contributed by atoms with Gasteiger partial charge >= 0.3 is 0 Å². The Kier molecular flexibility index (Phi) is 5.89. The van der Waals surface area contributed by atoms with Crippen LogP contribution in [0.1, 0.15) is 24.3 Å². The summed E-state index contributed by atoms with van der Waals surface area (Å²) in [5.74, 6) is 0.385. The molecule has 7 heteroatoms. The molecular weight excluding hydrogens is 270 g/mol. The summed E-state index contributed by atoms with van der Waals surface area (Å²) < 4.78 is 5.65. The molecule has 1 saturated heterocycles. The van der Waals surface area contributed by atoms with Crippen LogP contribution < -0.4 is 10.6 Å². The second-order valence-electron chi connectivity index (χ2n) is 4.92. The van der Waals surface area contributed by atoms with Gasteiger partial charge in [0, 0.05) is 26.2 Å². The molecule has 21 heavy (non-hydrogen) atoms. The molecule has 0 saturated carbocycles. The van der Waals surface area contributed by atoms with Crippen LogP contribution in [0.3, 0.4) is 0 Å². The van der Waals surface area contributed by atoms with E-state index in [1.54, 1.807) is 6.20 Å². The van der Waals surface area contributed by atoms with Gasteiger partial charge in [0.25, 0.3) is 5.91 Å². The summed E-state index contributed by atoms with van der Waals surface area (Å²) in [5.41, 5.74) is 0.316. The predicted molar refractivity (Wildman–Crippen MR) is 80.4 cm³/mol. The normalized spacial score (nSPS) is 19.2. The number of morpholine rings is 1. The summed E-state index contributed by atoms with van der Waals surface area (Å²) in [5, 5.41) is 5.90. The number of hydrogen-bond donors (Lipinski definition) is 2. The van der Waals surface area contributed by atoms with Gasteiger partial charge in [0.15, 0.2) is 0 Å². The highest BCUT2D eigenvalue weighted by Crippen LogP contribution is 2.05. The van der Waals surface area contributed by atoms with Crippen LogP contribution in [0.4, 0.5) is 5.82 Å². The Labute approximate surface area is 125 Å². The van der Waals surface area contributed by atoms with Crippen LogP contribution in [0.15, 0.2) is 12.4 Å². The number of likely N-dealkylation sites (N-methyl/N-ethyl adjacent to an activating group) is 1. The first kappa shape index (κ1) is 15.7. The third-order valence-corrected chi connectivity index (χ3v) is 3.39. The number of nitrogens with one attached hydrogen (secondary N) is 2. The highest BCUT2D eigenvalue weighted by molar-refractivity contribution is 5.92. The van der Waals surface area contributed by atoms with Gasteiger partial charge in [-0.3, -0.25) is 14.7 Å². The molecule has 1 aliphatic heterocycles. The van der Waals surface area contributed by atoms with E-state index in [0.29, 0.717) is 24.7 Å². The quantitative estimate of drug-likeness (QED) is 0.788. The van der Waals surface area contributed by atoms with Crippen molar-refractivity contribution in [3.05, 3.63) is 18.1 Å². The van der Waals surface area contributed by atoms with Gasteiger partial charge < -0.3 is 15.4 Å². The monoisotopic (exact) mass is 293 g/mol. The second-order valence-corrected chi connectivity index (χ2v) is 4.92. The molecule has 1 aromatic rings. The molecule has 1 aromatic heterocycles. The SMILES string of the molecule is CCNc1cncc(C(=O)NCC2CN(CC)CCO2)n1. The molecule has 0 aromatic carbocycles. The Morgan fingerprint density at radius 2 is 2.33 bits per heavy atom. The molecule has 1 aliphatic rings. The van der Waals surface area contributed by atoms with Crippen LogP contribution in [0.25, 0.3) is 0 Å². The average molecular weight is 293 g/mol. The van der Waals surface area contributed by atoms with Crippen molar-refractivity contribution in [2.45, 2.75) is 20.0 Å². The number of anilines is 1. The average Bonchev–Trinajstić information content (AvgIpc) is 2.53. The van der Waals surface area contributed by atoms with Crippen molar-refractivity contribution in [3.63, 3.8) is 0 Å². The van der Waals surface area contributed by atoms with Gasteiger partial charge in [-0.25, -0.2) is 4.98 Å². The molecule has 1 atom stereocenters. The fourth-order valence-electron chi connectivity index (χ4n) is 2.23. The fraction of sp³-hybridized carbons (Fsp3) is 0.643. The lowest BCUT2D eigenvalue weighted by atomic mass is 10.2. The lowest BCUT2D eigenvalue weighted by Gasteiger charge is -2.32. The number of ether oxygens (including phenoxy) is 1. The van der Waals surface area contributed by atoms with E-state index in [2.05, 4.69) is 32.4 Å². The van der Waals surface area contributed by atoms with Gasteiger partial charge in [0.05, 0.1) is 25.1 Å². The first-order valence-electron chi connectivity index (χ1n) is 7.41. The van der Waals surface area contributed by atoms with Gasteiger partial charge in [-0.1, -0.05) is 6.92 Å². The summed E-state index contributed by atoms with van der Waals surface area (Å²) in [7, 11) is 0. The van der Waals surface area contributed by atoms with Crippen molar-refractivity contribution in [3.8, 4) is 0 Å². The number of nitrogens with zero attached hydrogens (tertiary/aromatic N) is 3. The van der Waals surface area contributed by atoms with Crippen molar-refractivity contribution in [2.24, 2.45) is 0 Å². The lowest BCUT2D eigenvalue weighted by molar-refractivity contribution is -0.0246. The zero-order chi connectivity index (χ0) is 15.1. The van der Waals surface area contributed by atoms with Gasteiger partial charge in [-0.2, -0.15) is 0 Å². The number of aromatic nitrogens is 2. The van der Waals surface area contributed by atoms with E-state index in [-0.39, 0.29) is 12.0 Å². The number of hydrogen-bond acceptors (Lipinski definition) is 6. The Hall–Kier alpha value is -1.73. The maximum absolute atomic E-state index is 12.1. The number of rotatable bonds is 6. The van der Waals surface area contributed by atoms with Crippen molar-refractivity contribution >= 4 is 11.7 Å². The highest BCUT2D eigenvalue weighted by Gasteiger charge is 2.20. The van der Waals surface area contributed by atoms with Crippen LogP contribution in [0.2, 0.25) is 0 Å². The van der Waals surface area contributed by atoms with Crippen molar-refractivity contribution in [1.82, 2.24) is 20.2 Å². The van der Waals surface area contributed by atoms with Gasteiger partial charge in [-0.05, 0) is 13.5 Å². The standard InChI is InChI=1S/C14H23N5O2/c1-3-16-13-9-15-8-12(18-13)14(20)17-7-11-10-19(4-2)5-6-21-11/h8-9,11H,3-7,10H2,1-2H3,(H,16,18)(H,17,20). The fourth-order valence-corrected chi connectivity index (χ4v) is 2.23. The van der Waals surface area contributed by atoms with Crippen LogP contribution in [-0.2, 0) is 4.74 Å². The molecule has 2 rings (SSSR count). The second kappa shape index (κ2) is 7.90. The number of carbonyl (C=O) groups excluding carboxylic acids is 1. The Balaban J connectivity index is 1.85. The molecule has 1 unspecified atom stereocenters. The summed E-state index contributed by atoms with van der Waals surface area (Å²) in [6.07, 6.45) is 3.10. The van der Waals surface area contributed by atoms with Crippen LogP contribution >= 0.6 is 0 Å². The van der Waals surface area contributed by atoms with E-state index in [9.17, 15) is 4.79 Å². The molecule has 0 aliphatic carbocycles. The van der Waals surface area contributed by atoms with Crippen molar-refractivity contribution < 1.29 is 9.53 Å². The summed E-state index contributed by atoms with van der Waals surface area (Å²) >= 11 is 0. The molecule has 2 heterocycles. The Morgan fingerprint density at radius 1 is 1.48 bits per heavy atom.